The monoisotopic (exact) mass is 605 g/mol. The molecule has 3 aromatic carbocycles. The summed E-state index contributed by atoms with van der Waals surface area (Å²) in [6.07, 6.45) is 1.35. The molecule has 0 saturated carbocycles. The van der Waals surface area contributed by atoms with Gasteiger partial charge in [-0.05, 0) is 35.2 Å². The van der Waals surface area contributed by atoms with Crippen LogP contribution >= 0.6 is 0 Å². The summed E-state index contributed by atoms with van der Waals surface area (Å²) in [5.41, 5.74) is 3.81. The SMILES string of the molecule is C=C(C(=O)C(CO)NC(=O)C(Cc1ccccc1)NC(=O)N1CCOCC1)S(=O)(=O)c1ccccc1.c1ccc2c(c1)C2. The molecule has 1 fully saturated rings. The Hall–Kier alpha value is -4.32. The van der Waals surface area contributed by atoms with Crippen LogP contribution < -0.4 is 10.6 Å². The third-order valence-corrected chi connectivity index (χ3v) is 8.78. The number of aliphatic hydroxyl groups excluding tert-OH is 1. The van der Waals surface area contributed by atoms with Crippen LogP contribution in [0.25, 0.3) is 0 Å². The number of hydrogen-bond donors (Lipinski definition) is 3. The number of urea groups is 1. The second-order valence-electron chi connectivity index (χ2n) is 10.1. The van der Waals surface area contributed by atoms with E-state index in [0.29, 0.717) is 26.3 Å². The number of benzene rings is 3. The third kappa shape index (κ3) is 8.60. The summed E-state index contributed by atoms with van der Waals surface area (Å²) in [7, 11) is -4.23. The molecule has 11 heteroatoms. The quantitative estimate of drug-likeness (QED) is 0.236. The molecule has 1 saturated heterocycles. The average molecular weight is 606 g/mol. The Labute approximate surface area is 251 Å². The van der Waals surface area contributed by atoms with Crippen molar-refractivity contribution in [2.75, 3.05) is 32.9 Å². The van der Waals surface area contributed by atoms with Crippen LogP contribution in [-0.4, -0.2) is 81.1 Å². The Morgan fingerprint density at radius 3 is 1.95 bits per heavy atom. The number of nitrogens with zero attached hydrogens (tertiary/aromatic N) is 1. The molecule has 0 bridgehead atoms. The van der Waals surface area contributed by atoms with Gasteiger partial charge >= 0.3 is 6.03 Å². The molecule has 3 N–H and O–H groups in total. The van der Waals surface area contributed by atoms with E-state index in [1.54, 1.807) is 30.3 Å². The van der Waals surface area contributed by atoms with Crippen molar-refractivity contribution < 1.29 is 32.6 Å². The molecule has 1 aliphatic carbocycles. The largest absolute Gasteiger partial charge is 0.394 e. The van der Waals surface area contributed by atoms with Crippen LogP contribution in [0.1, 0.15) is 16.7 Å². The summed E-state index contributed by atoms with van der Waals surface area (Å²) in [5.74, 6) is -1.80. The molecule has 5 rings (SSSR count). The minimum absolute atomic E-state index is 0.109. The first-order valence-electron chi connectivity index (χ1n) is 13.9. The highest BCUT2D eigenvalue weighted by atomic mass is 32.2. The predicted octanol–water partition coefficient (Wildman–Crippen LogP) is 2.26. The number of carbonyl (C=O) groups excluding carboxylic acids is 3. The lowest BCUT2D eigenvalue weighted by atomic mass is 10.0. The summed E-state index contributed by atoms with van der Waals surface area (Å²) in [6, 6.07) is 21.6. The number of carbonyl (C=O) groups is 3. The van der Waals surface area contributed by atoms with Gasteiger partial charge in [0.2, 0.25) is 15.7 Å². The van der Waals surface area contributed by atoms with Crippen LogP contribution in [-0.2, 0) is 37.0 Å². The Kier molecular flexibility index (Phi) is 10.8. The second kappa shape index (κ2) is 14.7. The van der Waals surface area contributed by atoms with Crippen LogP contribution in [0.3, 0.4) is 0 Å². The van der Waals surface area contributed by atoms with Gasteiger partial charge < -0.3 is 25.4 Å². The number of ether oxygens (including phenoxy) is 1. The van der Waals surface area contributed by atoms with Crippen molar-refractivity contribution >= 4 is 27.6 Å². The van der Waals surface area contributed by atoms with Gasteiger partial charge in [-0.15, -0.1) is 0 Å². The van der Waals surface area contributed by atoms with Gasteiger partial charge in [0.25, 0.3) is 0 Å². The van der Waals surface area contributed by atoms with Crippen molar-refractivity contribution in [3.8, 4) is 0 Å². The van der Waals surface area contributed by atoms with E-state index >= 15 is 0 Å². The smallest absolute Gasteiger partial charge is 0.318 e. The lowest BCUT2D eigenvalue weighted by Crippen LogP contribution is -2.57. The number of nitrogens with one attached hydrogen (secondary N) is 2. The van der Waals surface area contributed by atoms with E-state index < -0.39 is 51.2 Å². The maximum Gasteiger partial charge on any atom is 0.318 e. The molecule has 3 aromatic rings. The van der Waals surface area contributed by atoms with E-state index in [2.05, 4.69) is 41.5 Å². The van der Waals surface area contributed by atoms with E-state index in [4.69, 9.17) is 4.74 Å². The fourth-order valence-electron chi connectivity index (χ4n) is 4.44. The van der Waals surface area contributed by atoms with E-state index in [9.17, 15) is 27.9 Å². The fraction of sp³-hybridized carbons (Fsp3) is 0.281. The molecule has 0 aromatic heterocycles. The maximum absolute atomic E-state index is 13.2. The number of hydrogen-bond acceptors (Lipinski definition) is 7. The van der Waals surface area contributed by atoms with Crippen molar-refractivity contribution in [1.29, 1.82) is 0 Å². The summed E-state index contributed by atoms with van der Waals surface area (Å²) in [4.78, 5) is 39.5. The molecule has 2 unspecified atom stereocenters. The van der Waals surface area contributed by atoms with Crippen LogP contribution in [0, 0.1) is 0 Å². The molecule has 10 nitrogen and oxygen atoms in total. The average Bonchev–Trinajstić information content (AvgIpc) is 3.84. The van der Waals surface area contributed by atoms with Crippen LogP contribution in [0.5, 0.6) is 0 Å². The normalized spacial score (nSPS) is 15.0. The number of ketones is 1. The highest BCUT2D eigenvalue weighted by Gasteiger charge is 2.33. The molecule has 3 amide bonds. The van der Waals surface area contributed by atoms with Gasteiger partial charge in [0, 0.05) is 19.5 Å². The van der Waals surface area contributed by atoms with Gasteiger partial charge in [-0.3, -0.25) is 9.59 Å². The first-order chi connectivity index (χ1) is 20.7. The first-order valence-corrected chi connectivity index (χ1v) is 15.4. The molecule has 1 aliphatic heterocycles. The molecule has 43 heavy (non-hydrogen) atoms. The van der Waals surface area contributed by atoms with Crippen LogP contribution in [0.4, 0.5) is 4.79 Å². The number of fused-ring (bicyclic) bond motifs is 1. The van der Waals surface area contributed by atoms with Gasteiger partial charge in [-0.25, -0.2) is 13.2 Å². The highest BCUT2D eigenvalue weighted by Crippen LogP contribution is 2.25. The van der Waals surface area contributed by atoms with E-state index in [-0.39, 0.29) is 11.3 Å². The summed E-state index contributed by atoms with van der Waals surface area (Å²) in [5, 5.41) is 14.9. The Balaban J connectivity index is 0.000000520. The Morgan fingerprint density at radius 2 is 1.40 bits per heavy atom. The zero-order valence-electron chi connectivity index (χ0n) is 23.6. The molecular formula is C32H35N3O7S. The number of aliphatic hydroxyl groups is 1. The first kappa shape index (κ1) is 31.6. The standard InChI is InChI=1S/C25H29N3O7S.C7H6/c1-18(36(33,34)20-10-6-3-7-11-20)23(30)22(17-29)26-24(31)21(16-19-8-4-2-5-9-19)27-25(32)28-12-14-35-15-13-28;1-2-4-7-5-6(7)3-1/h2-11,21-22,29H,1,12-17H2,(H,26,31)(H,27,32);1-4H,5H2. The number of amides is 3. The number of morpholine rings is 1. The van der Waals surface area contributed by atoms with Crippen molar-refractivity contribution in [3.05, 3.63) is 113 Å². The van der Waals surface area contributed by atoms with Gasteiger partial charge in [0.15, 0.2) is 5.78 Å². The number of Topliss-reactive ketones (excluding diaryl/α,β-unsaturated/α-hetero) is 1. The number of rotatable bonds is 10. The molecule has 0 spiro atoms. The highest BCUT2D eigenvalue weighted by molar-refractivity contribution is 7.96. The van der Waals surface area contributed by atoms with Gasteiger partial charge in [-0.2, -0.15) is 0 Å². The summed E-state index contributed by atoms with van der Waals surface area (Å²) >= 11 is 0. The molecule has 226 valence electrons. The van der Waals surface area contributed by atoms with Gasteiger partial charge in [-0.1, -0.05) is 79.4 Å². The summed E-state index contributed by atoms with van der Waals surface area (Å²) < 4.78 is 30.8. The second-order valence-corrected chi connectivity index (χ2v) is 12.1. The van der Waals surface area contributed by atoms with Crippen LogP contribution in [0.15, 0.2) is 101 Å². The van der Waals surface area contributed by atoms with E-state index in [1.165, 1.54) is 46.7 Å². The zero-order valence-corrected chi connectivity index (χ0v) is 24.5. The van der Waals surface area contributed by atoms with Crippen molar-refractivity contribution in [2.24, 2.45) is 0 Å². The minimum atomic E-state index is -4.23. The number of sulfone groups is 1. The third-order valence-electron chi connectivity index (χ3n) is 7.04. The Morgan fingerprint density at radius 1 is 0.837 bits per heavy atom. The molecule has 1 heterocycles. The molecule has 2 aliphatic rings. The maximum atomic E-state index is 13.2. The zero-order chi connectivity index (χ0) is 30.8. The topological polar surface area (TPSA) is 142 Å². The minimum Gasteiger partial charge on any atom is -0.394 e. The predicted molar refractivity (Wildman–Crippen MR) is 161 cm³/mol. The van der Waals surface area contributed by atoms with E-state index in [0.717, 1.165) is 5.56 Å². The van der Waals surface area contributed by atoms with Crippen molar-refractivity contribution in [1.82, 2.24) is 15.5 Å². The Bertz CT molecular complexity index is 1520. The van der Waals surface area contributed by atoms with Gasteiger partial charge in [0.05, 0.1) is 24.7 Å². The lowest BCUT2D eigenvalue weighted by molar-refractivity contribution is -0.128. The molecule has 0 radical (unpaired) electrons. The van der Waals surface area contributed by atoms with Crippen molar-refractivity contribution in [2.45, 2.75) is 29.8 Å². The molecule has 2 atom stereocenters. The van der Waals surface area contributed by atoms with E-state index in [1.807, 2.05) is 6.07 Å². The summed E-state index contributed by atoms with van der Waals surface area (Å²) in [6.45, 7) is 4.03. The van der Waals surface area contributed by atoms with Crippen molar-refractivity contribution in [3.63, 3.8) is 0 Å². The van der Waals surface area contributed by atoms with Gasteiger partial charge in [0.1, 0.15) is 17.0 Å². The van der Waals surface area contributed by atoms with Crippen LogP contribution in [0.2, 0.25) is 0 Å². The molecular weight excluding hydrogens is 570 g/mol. The lowest BCUT2D eigenvalue weighted by Gasteiger charge is -2.29. The fourth-order valence-corrected chi connectivity index (χ4v) is 5.64.